The molecule has 0 spiro atoms. The van der Waals surface area contributed by atoms with Crippen molar-refractivity contribution < 1.29 is 9.53 Å². The monoisotopic (exact) mass is 421 g/mol. The molecule has 0 aliphatic carbocycles. The van der Waals surface area contributed by atoms with Gasteiger partial charge in [0, 0.05) is 23.9 Å². The number of carbonyl (C=O) groups excluding carboxylic acids is 1. The topological polar surface area (TPSA) is 92.8 Å². The molecule has 3 aromatic rings. The van der Waals surface area contributed by atoms with E-state index in [4.69, 9.17) is 10.00 Å². The van der Waals surface area contributed by atoms with Crippen molar-refractivity contribution in [3.63, 3.8) is 0 Å². The molecule has 30 heavy (non-hydrogen) atoms. The van der Waals surface area contributed by atoms with Crippen LogP contribution in [0.5, 0.6) is 5.75 Å². The first-order valence-electron chi connectivity index (χ1n) is 9.57. The van der Waals surface area contributed by atoms with E-state index < -0.39 is 0 Å². The Morgan fingerprint density at radius 2 is 2.10 bits per heavy atom. The number of hydrogen-bond donors (Lipinski definition) is 1. The van der Waals surface area contributed by atoms with Crippen LogP contribution in [0.25, 0.3) is 5.69 Å². The zero-order valence-electron chi connectivity index (χ0n) is 17.0. The minimum Gasteiger partial charge on any atom is -0.493 e. The van der Waals surface area contributed by atoms with E-state index in [2.05, 4.69) is 47.6 Å². The molecule has 2 aromatic carbocycles. The number of benzene rings is 2. The molecule has 0 atom stereocenters. The molecule has 1 amide bonds. The number of nitrogens with one attached hydrogen (secondary N) is 1. The molecule has 8 heteroatoms. The van der Waals surface area contributed by atoms with Crippen molar-refractivity contribution in [2.24, 2.45) is 0 Å². The number of aryl methyl sites for hydroxylation is 2. The van der Waals surface area contributed by atoms with Crippen molar-refractivity contribution in [2.45, 2.75) is 31.8 Å². The van der Waals surface area contributed by atoms with Crippen molar-refractivity contribution in [3.05, 3.63) is 59.9 Å². The molecule has 0 aliphatic heterocycles. The number of aromatic nitrogens is 3. The van der Waals surface area contributed by atoms with Gasteiger partial charge in [0.15, 0.2) is 5.16 Å². The lowest BCUT2D eigenvalue weighted by Crippen LogP contribution is -2.14. The Kier molecular flexibility index (Phi) is 7.46. The highest BCUT2D eigenvalue weighted by molar-refractivity contribution is 7.99. The summed E-state index contributed by atoms with van der Waals surface area (Å²) in [5.41, 5.74) is 4.03. The minimum atomic E-state index is -0.142. The van der Waals surface area contributed by atoms with Gasteiger partial charge in [-0.2, -0.15) is 5.26 Å². The zero-order chi connectivity index (χ0) is 21.3. The third kappa shape index (κ3) is 5.84. The van der Waals surface area contributed by atoms with Gasteiger partial charge in [-0.05, 0) is 55.7 Å². The summed E-state index contributed by atoms with van der Waals surface area (Å²) in [7, 11) is 0. The summed E-state index contributed by atoms with van der Waals surface area (Å²) < 4.78 is 7.48. The Bertz CT molecular complexity index is 1060. The summed E-state index contributed by atoms with van der Waals surface area (Å²) in [6.07, 6.45) is 2.78. The fourth-order valence-electron chi connectivity index (χ4n) is 2.71. The van der Waals surface area contributed by atoms with Gasteiger partial charge in [-0.15, -0.1) is 10.2 Å². The molecule has 0 aliphatic rings. The Labute approximate surface area is 180 Å². The molecule has 0 bridgehead atoms. The standard InChI is InChI=1S/C22H23N5O2S/c1-16-8-9-19(12-17(16)2)27-15-24-26-22(27)30-14-21(28)25-18-6-5-7-20(13-18)29-11-4-3-10-23/h5-9,12-13,15H,3-4,11,14H2,1-2H3,(H,25,28). The van der Waals surface area contributed by atoms with Gasteiger partial charge >= 0.3 is 0 Å². The number of unbranched alkanes of at least 4 members (excludes halogenated alkanes) is 1. The van der Waals surface area contributed by atoms with Crippen LogP contribution in [0.3, 0.4) is 0 Å². The van der Waals surface area contributed by atoms with Gasteiger partial charge in [0.25, 0.3) is 0 Å². The molecular formula is C22H23N5O2S. The summed E-state index contributed by atoms with van der Waals surface area (Å²) in [5.74, 6) is 0.723. The van der Waals surface area contributed by atoms with Crippen LogP contribution in [0.4, 0.5) is 5.69 Å². The van der Waals surface area contributed by atoms with Gasteiger partial charge < -0.3 is 10.1 Å². The van der Waals surface area contributed by atoms with Crippen molar-refractivity contribution in [3.8, 4) is 17.5 Å². The molecule has 0 unspecified atom stereocenters. The Hall–Kier alpha value is -3.31. The van der Waals surface area contributed by atoms with E-state index in [-0.39, 0.29) is 11.7 Å². The fourth-order valence-corrected chi connectivity index (χ4v) is 3.44. The van der Waals surface area contributed by atoms with Crippen LogP contribution in [0, 0.1) is 25.2 Å². The average molecular weight is 422 g/mol. The van der Waals surface area contributed by atoms with E-state index >= 15 is 0 Å². The summed E-state index contributed by atoms with van der Waals surface area (Å²) in [4.78, 5) is 12.4. The third-order valence-corrected chi connectivity index (χ3v) is 5.38. The first-order valence-corrected chi connectivity index (χ1v) is 10.6. The third-order valence-electron chi connectivity index (χ3n) is 4.44. The van der Waals surface area contributed by atoms with Crippen molar-refractivity contribution in [1.29, 1.82) is 5.26 Å². The predicted molar refractivity (Wildman–Crippen MR) is 117 cm³/mol. The number of nitrogens with zero attached hydrogens (tertiary/aromatic N) is 4. The summed E-state index contributed by atoms with van der Waals surface area (Å²) in [6.45, 7) is 4.59. The van der Waals surface area contributed by atoms with Crippen molar-refractivity contribution >= 4 is 23.4 Å². The largest absolute Gasteiger partial charge is 0.493 e. The molecule has 3 rings (SSSR count). The molecule has 0 fully saturated rings. The fraction of sp³-hybridized carbons (Fsp3) is 0.273. The maximum absolute atomic E-state index is 12.4. The van der Waals surface area contributed by atoms with Crippen LogP contribution in [0.2, 0.25) is 0 Å². The smallest absolute Gasteiger partial charge is 0.234 e. The van der Waals surface area contributed by atoms with E-state index in [1.54, 1.807) is 12.4 Å². The van der Waals surface area contributed by atoms with Crippen LogP contribution in [-0.2, 0) is 4.79 Å². The molecule has 0 saturated heterocycles. The Balaban J connectivity index is 1.56. The maximum atomic E-state index is 12.4. The van der Waals surface area contributed by atoms with Crippen molar-refractivity contribution in [2.75, 3.05) is 17.7 Å². The van der Waals surface area contributed by atoms with Crippen molar-refractivity contribution in [1.82, 2.24) is 14.8 Å². The van der Waals surface area contributed by atoms with E-state index in [0.29, 0.717) is 36.0 Å². The molecule has 0 radical (unpaired) electrons. The lowest BCUT2D eigenvalue weighted by Gasteiger charge is -2.10. The second-order valence-electron chi connectivity index (χ2n) is 6.73. The Morgan fingerprint density at radius 1 is 1.23 bits per heavy atom. The van der Waals surface area contributed by atoms with E-state index in [9.17, 15) is 4.79 Å². The number of anilines is 1. The van der Waals surface area contributed by atoms with E-state index in [0.717, 1.165) is 5.69 Å². The number of nitriles is 1. The van der Waals surface area contributed by atoms with Gasteiger partial charge in [0.2, 0.25) is 5.91 Å². The van der Waals surface area contributed by atoms with Crippen LogP contribution in [-0.4, -0.2) is 33.0 Å². The van der Waals surface area contributed by atoms with E-state index in [1.165, 1.54) is 22.9 Å². The molecular weight excluding hydrogens is 398 g/mol. The maximum Gasteiger partial charge on any atom is 0.234 e. The minimum absolute atomic E-state index is 0.142. The van der Waals surface area contributed by atoms with Crippen LogP contribution >= 0.6 is 11.8 Å². The second kappa shape index (κ2) is 10.5. The van der Waals surface area contributed by atoms with Gasteiger partial charge in [-0.25, -0.2) is 0 Å². The number of amides is 1. The SMILES string of the molecule is Cc1ccc(-n2cnnc2SCC(=O)Nc2cccc(OCCCC#N)c2)cc1C. The first-order chi connectivity index (χ1) is 14.6. The second-order valence-corrected chi connectivity index (χ2v) is 7.67. The highest BCUT2D eigenvalue weighted by Gasteiger charge is 2.11. The van der Waals surface area contributed by atoms with Crippen LogP contribution in [0.15, 0.2) is 53.9 Å². The van der Waals surface area contributed by atoms with Gasteiger partial charge in [0.1, 0.15) is 12.1 Å². The molecule has 0 saturated carbocycles. The molecule has 7 nitrogen and oxygen atoms in total. The number of hydrogen-bond acceptors (Lipinski definition) is 6. The quantitative estimate of drug-likeness (QED) is 0.409. The summed E-state index contributed by atoms with van der Waals surface area (Å²) in [6, 6.07) is 15.4. The summed E-state index contributed by atoms with van der Waals surface area (Å²) in [5, 5.41) is 20.2. The molecule has 1 heterocycles. The molecule has 1 N–H and O–H groups in total. The zero-order valence-corrected chi connectivity index (χ0v) is 17.8. The summed E-state index contributed by atoms with van der Waals surface area (Å²) >= 11 is 1.32. The number of carbonyl (C=O) groups is 1. The molecule has 154 valence electrons. The number of thioether (sulfide) groups is 1. The van der Waals surface area contributed by atoms with Gasteiger partial charge in [-0.3, -0.25) is 9.36 Å². The highest BCUT2D eigenvalue weighted by atomic mass is 32.2. The highest BCUT2D eigenvalue weighted by Crippen LogP contribution is 2.22. The van der Waals surface area contributed by atoms with Crippen LogP contribution in [0.1, 0.15) is 24.0 Å². The average Bonchev–Trinajstić information content (AvgIpc) is 3.21. The van der Waals surface area contributed by atoms with E-state index in [1.807, 2.05) is 28.8 Å². The molecule has 1 aromatic heterocycles. The van der Waals surface area contributed by atoms with Gasteiger partial charge in [0.05, 0.1) is 18.4 Å². The first kappa shape index (κ1) is 21.4. The number of rotatable bonds is 9. The number of ether oxygens (including phenoxy) is 1. The predicted octanol–water partition coefficient (Wildman–Crippen LogP) is 4.30. The Morgan fingerprint density at radius 3 is 2.90 bits per heavy atom. The normalized spacial score (nSPS) is 10.4. The van der Waals surface area contributed by atoms with Gasteiger partial charge in [-0.1, -0.05) is 23.9 Å². The lowest BCUT2D eigenvalue weighted by molar-refractivity contribution is -0.113. The lowest BCUT2D eigenvalue weighted by atomic mass is 10.1. The van der Waals surface area contributed by atoms with Crippen LogP contribution < -0.4 is 10.1 Å².